The minimum absolute atomic E-state index is 0. The van der Waals surface area contributed by atoms with E-state index in [1.54, 1.807) is 0 Å². The number of unbranched alkanes of at least 4 members (excludes halogenated alkanes) is 12. The molecule has 0 saturated heterocycles. The third kappa shape index (κ3) is 12.2. The summed E-state index contributed by atoms with van der Waals surface area (Å²) in [5.74, 6) is -0.737. The van der Waals surface area contributed by atoms with Crippen LogP contribution in [0.2, 0.25) is 0 Å². The first-order valence-corrected chi connectivity index (χ1v) is 11.8. The maximum atomic E-state index is 11.1. The number of hydrogen-bond acceptors (Lipinski definition) is 4. The number of phenolic OH excluding ortho intramolecular Hbond substituents is 2. The van der Waals surface area contributed by atoms with E-state index in [4.69, 9.17) is 4.55 Å². The fourth-order valence-electron chi connectivity index (χ4n) is 3.34. The van der Waals surface area contributed by atoms with Crippen LogP contribution in [0, 0.1) is 0 Å². The van der Waals surface area contributed by atoms with Gasteiger partial charge >= 0.3 is 51.4 Å². The van der Waals surface area contributed by atoms with Crippen molar-refractivity contribution in [2.24, 2.45) is 0 Å². The molecule has 0 aliphatic rings. The predicted molar refractivity (Wildman–Crippen MR) is 116 cm³/mol. The molecule has 0 atom stereocenters. The second-order valence-electron chi connectivity index (χ2n) is 7.42. The van der Waals surface area contributed by atoms with Crippen LogP contribution in [0.25, 0.3) is 0 Å². The zero-order valence-electron chi connectivity index (χ0n) is 16.6. The van der Waals surface area contributed by atoms with E-state index < -0.39 is 20.8 Å². The standard InChI is InChI=1S/C21H36O5S.K.H/c1-2-3-4-5-6-7-8-9-10-11-12-13-14-15-18-16-20(23)21(17-19(18)22)27(24,25)26;;/h16-17,22-23H,2-15H2,1H3,(H,24,25,26);;. The Balaban J connectivity index is 0.00000729. The Kier molecular flexibility index (Phi) is 16.3. The van der Waals surface area contributed by atoms with E-state index >= 15 is 0 Å². The molecule has 0 fully saturated rings. The third-order valence-electron chi connectivity index (χ3n) is 4.99. The summed E-state index contributed by atoms with van der Waals surface area (Å²) >= 11 is 0. The van der Waals surface area contributed by atoms with Gasteiger partial charge in [-0.15, -0.1) is 0 Å². The summed E-state index contributed by atoms with van der Waals surface area (Å²) in [5.41, 5.74) is 0.503. The molecule has 0 unspecified atom stereocenters. The molecule has 3 N–H and O–H groups in total. The molecule has 28 heavy (non-hydrogen) atoms. The molecule has 1 rings (SSSR count). The van der Waals surface area contributed by atoms with E-state index in [0.717, 1.165) is 25.3 Å². The number of rotatable bonds is 15. The fraction of sp³-hybridized carbons (Fsp3) is 0.714. The average Bonchev–Trinajstić information content (AvgIpc) is 2.60. The zero-order valence-corrected chi connectivity index (χ0v) is 17.4. The van der Waals surface area contributed by atoms with Gasteiger partial charge in [-0.3, -0.25) is 4.55 Å². The molecular weight excluding hydrogens is 403 g/mol. The second kappa shape index (κ2) is 16.1. The normalized spacial score (nSPS) is 11.4. The monoisotopic (exact) mass is 440 g/mol. The van der Waals surface area contributed by atoms with E-state index in [1.165, 1.54) is 70.3 Å². The van der Waals surface area contributed by atoms with Crippen molar-refractivity contribution < 1.29 is 23.2 Å². The van der Waals surface area contributed by atoms with Crippen LogP contribution in [0.15, 0.2) is 17.0 Å². The summed E-state index contributed by atoms with van der Waals surface area (Å²) < 4.78 is 31.2. The van der Waals surface area contributed by atoms with Crippen molar-refractivity contribution in [1.82, 2.24) is 0 Å². The predicted octanol–water partition coefficient (Wildman–Crippen LogP) is 5.33. The molecule has 1 aromatic carbocycles. The van der Waals surface area contributed by atoms with Gasteiger partial charge in [0.2, 0.25) is 0 Å². The molecule has 0 heterocycles. The minimum atomic E-state index is -4.53. The topological polar surface area (TPSA) is 94.8 Å². The first kappa shape index (κ1) is 28.4. The number of aromatic hydroxyl groups is 2. The van der Waals surface area contributed by atoms with Crippen molar-refractivity contribution in [1.29, 1.82) is 0 Å². The first-order valence-electron chi connectivity index (χ1n) is 10.4. The van der Waals surface area contributed by atoms with Gasteiger partial charge in [0, 0.05) is 6.07 Å². The van der Waals surface area contributed by atoms with Crippen molar-refractivity contribution in [2.45, 2.75) is 102 Å². The van der Waals surface area contributed by atoms with Gasteiger partial charge in [0.05, 0.1) is 0 Å². The van der Waals surface area contributed by atoms with E-state index in [-0.39, 0.29) is 57.1 Å². The van der Waals surface area contributed by atoms with Crippen molar-refractivity contribution >= 4 is 61.5 Å². The summed E-state index contributed by atoms with van der Waals surface area (Å²) in [6, 6.07) is 2.13. The third-order valence-corrected chi connectivity index (χ3v) is 5.87. The molecule has 0 aliphatic carbocycles. The molecule has 0 aromatic heterocycles. The Morgan fingerprint density at radius 1 is 0.714 bits per heavy atom. The summed E-state index contributed by atoms with van der Waals surface area (Å²) in [5, 5.41) is 19.6. The fourth-order valence-corrected chi connectivity index (χ4v) is 3.92. The zero-order chi connectivity index (χ0) is 20.1. The van der Waals surface area contributed by atoms with Gasteiger partial charge in [-0.05, 0) is 24.5 Å². The van der Waals surface area contributed by atoms with Crippen LogP contribution in [0.1, 0.15) is 96.0 Å². The van der Waals surface area contributed by atoms with E-state index in [9.17, 15) is 18.6 Å². The summed E-state index contributed by atoms with van der Waals surface area (Å²) in [6.45, 7) is 2.24. The molecular formula is C21H37KO5S. The molecule has 0 radical (unpaired) electrons. The van der Waals surface area contributed by atoms with Gasteiger partial charge in [-0.25, -0.2) is 0 Å². The van der Waals surface area contributed by atoms with E-state index in [2.05, 4.69) is 6.92 Å². The molecule has 5 nitrogen and oxygen atoms in total. The quantitative estimate of drug-likeness (QED) is 0.148. The Morgan fingerprint density at radius 2 is 1.14 bits per heavy atom. The average molecular weight is 441 g/mol. The van der Waals surface area contributed by atoms with Crippen molar-refractivity contribution in [2.75, 3.05) is 0 Å². The van der Waals surface area contributed by atoms with Crippen LogP contribution >= 0.6 is 0 Å². The van der Waals surface area contributed by atoms with Crippen LogP contribution in [-0.4, -0.2) is 74.6 Å². The van der Waals surface area contributed by atoms with Gasteiger partial charge < -0.3 is 10.2 Å². The molecule has 158 valence electrons. The summed E-state index contributed by atoms with van der Waals surface area (Å²) in [6.07, 6.45) is 16.9. The van der Waals surface area contributed by atoms with Crippen LogP contribution in [0.4, 0.5) is 0 Å². The number of benzene rings is 1. The van der Waals surface area contributed by atoms with Gasteiger partial charge in [0.25, 0.3) is 10.1 Å². The second-order valence-corrected chi connectivity index (χ2v) is 8.81. The van der Waals surface area contributed by atoms with Crippen molar-refractivity contribution in [3.63, 3.8) is 0 Å². The van der Waals surface area contributed by atoms with Crippen LogP contribution in [0.5, 0.6) is 11.5 Å². The molecule has 0 amide bonds. The summed E-state index contributed by atoms with van der Waals surface area (Å²) in [4.78, 5) is -0.658. The molecule has 0 spiro atoms. The van der Waals surface area contributed by atoms with Crippen LogP contribution < -0.4 is 0 Å². The SMILES string of the molecule is CCCCCCCCCCCCCCCc1cc(O)c(S(=O)(=O)O)cc1O.[KH]. The van der Waals surface area contributed by atoms with Crippen molar-refractivity contribution in [3.8, 4) is 11.5 Å². The Bertz CT molecular complexity index is 646. The Morgan fingerprint density at radius 3 is 1.57 bits per heavy atom. The van der Waals surface area contributed by atoms with Crippen LogP contribution in [0.3, 0.4) is 0 Å². The number of aryl methyl sites for hydroxylation is 1. The molecule has 7 heteroatoms. The maximum absolute atomic E-state index is 11.1. The van der Waals surface area contributed by atoms with Crippen LogP contribution in [-0.2, 0) is 16.5 Å². The molecule has 0 bridgehead atoms. The number of hydrogen-bond donors (Lipinski definition) is 3. The van der Waals surface area contributed by atoms with E-state index in [0.29, 0.717) is 12.0 Å². The van der Waals surface area contributed by atoms with E-state index in [1.807, 2.05) is 0 Å². The van der Waals surface area contributed by atoms with Gasteiger partial charge in [-0.1, -0.05) is 84.0 Å². The summed E-state index contributed by atoms with van der Waals surface area (Å²) in [7, 11) is -4.53. The molecule has 0 saturated carbocycles. The Labute approximate surface area is 213 Å². The molecule has 1 aromatic rings. The van der Waals surface area contributed by atoms with Gasteiger partial charge in [-0.2, -0.15) is 8.42 Å². The van der Waals surface area contributed by atoms with Gasteiger partial charge in [0.15, 0.2) is 0 Å². The Hall–Kier alpha value is 0.366. The van der Waals surface area contributed by atoms with Gasteiger partial charge in [0.1, 0.15) is 16.4 Å². The number of phenols is 2. The first-order chi connectivity index (χ1) is 12.9. The van der Waals surface area contributed by atoms with Crippen molar-refractivity contribution in [3.05, 3.63) is 17.7 Å². The molecule has 0 aliphatic heterocycles.